The highest BCUT2D eigenvalue weighted by atomic mass is 16.1. The topological polar surface area (TPSA) is 66.9 Å². The van der Waals surface area contributed by atoms with E-state index >= 15 is 0 Å². The zero-order chi connectivity index (χ0) is 17.6. The number of hydrogen-bond donors (Lipinski definition) is 2. The van der Waals surface area contributed by atoms with Gasteiger partial charge >= 0.3 is 0 Å². The molecule has 1 heterocycles. The average molecular weight is 332 g/mol. The molecule has 0 atom stereocenters. The Labute approximate surface area is 147 Å². The van der Waals surface area contributed by atoms with E-state index in [2.05, 4.69) is 46.6 Å². The molecule has 3 aromatic rings. The Morgan fingerprint density at radius 2 is 1.64 bits per heavy atom. The zero-order valence-corrected chi connectivity index (χ0v) is 14.2. The largest absolute Gasteiger partial charge is 0.324 e. The van der Waals surface area contributed by atoms with Gasteiger partial charge in [0, 0.05) is 17.6 Å². The summed E-state index contributed by atoms with van der Waals surface area (Å²) in [7, 11) is 0. The number of carbonyl (C=O) groups is 1. The van der Waals surface area contributed by atoms with Crippen molar-refractivity contribution in [3.05, 3.63) is 78.1 Å². The second kappa shape index (κ2) is 7.57. The maximum absolute atomic E-state index is 12.3. The van der Waals surface area contributed by atoms with Crippen LogP contribution in [0.1, 0.15) is 35.8 Å². The molecule has 0 aliphatic heterocycles. The number of amides is 1. The smallest absolute Gasteiger partial charge is 0.274 e. The fourth-order valence-corrected chi connectivity index (χ4v) is 2.34. The molecule has 126 valence electrons. The van der Waals surface area contributed by atoms with Gasteiger partial charge in [0.2, 0.25) is 5.95 Å². The minimum atomic E-state index is -0.271. The van der Waals surface area contributed by atoms with E-state index < -0.39 is 0 Å². The molecule has 0 radical (unpaired) electrons. The predicted octanol–water partition coefficient (Wildman–Crippen LogP) is 4.60. The second-order valence-corrected chi connectivity index (χ2v) is 5.99. The second-order valence-electron chi connectivity index (χ2n) is 5.99. The van der Waals surface area contributed by atoms with Gasteiger partial charge in [0.1, 0.15) is 5.69 Å². The summed E-state index contributed by atoms with van der Waals surface area (Å²) in [6.07, 6.45) is 1.57. The number of aromatic nitrogens is 2. The molecule has 2 N–H and O–H groups in total. The van der Waals surface area contributed by atoms with Gasteiger partial charge in [-0.1, -0.05) is 44.2 Å². The van der Waals surface area contributed by atoms with Crippen LogP contribution in [-0.4, -0.2) is 15.9 Å². The molecule has 0 saturated carbocycles. The molecule has 25 heavy (non-hydrogen) atoms. The maximum atomic E-state index is 12.3. The Morgan fingerprint density at radius 3 is 2.32 bits per heavy atom. The molecule has 3 rings (SSSR count). The van der Waals surface area contributed by atoms with Crippen molar-refractivity contribution in [2.24, 2.45) is 0 Å². The van der Waals surface area contributed by atoms with Crippen molar-refractivity contribution >= 4 is 23.2 Å². The number of nitrogens with one attached hydrogen (secondary N) is 2. The van der Waals surface area contributed by atoms with Crippen molar-refractivity contribution in [1.29, 1.82) is 0 Å². The van der Waals surface area contributed by atoms with Crippen LogP contribution in [0.15, 0.2) is 66.9 Å². The van der Waals surface area contributed by atoms with E-state index in [1.165, 1.54) is 5.56 Å². The minimum absolute atomic E-state index is 0.271. The monoisotopic (exact) mass is 332 g/mol. The van der Waals surface area contributed by atoms with E-state index in [9.17, 15) is 4.79 Å². The number of hydrogen-bond acceptors (Lipinski definition) is 4. The fourth-order valence-electron chi connectivity index (χ4n) is 2.34. The van der Waals surface area contributed by atoms with Crippen molar-refractivity contribution in [3.63, 3.8) is 0 Å². The SMILES string of the molecule is CC(C)c1ccc(Nc2nccc(C(=O)Nc3ccccc3)n2)cc1. The quantitative estimate of drug-likeness (QED) is 0.717. The number of benzene rings is 2. The van der Waals surface area contributed by atoms with Crippen molar-refractivity contribution in [2.75, 3.05) is 10.6 Å². The van der Waals surface area contributed by atoms with Crippen LogP contribution >= 0.6 is 0 Å². The molecule has 0 saturated heterocycles. The highest BCUT2D eigenvalue weighted by Gasteiger charge is 2.09. The van der Waals surface area contributed by atoms with Crippen LogP contribution in [0.4, 0.5) is 17.3 Å². The molecule has 0 bridgehead atoms. The van der Waals surface area contributed by atoms with Gasteiger partial charge < -0.3 is 10.6 Å². The van der Waals surface area contributed by atoms with Crippen LogP contribution < -0.4 is 10.6 Å². The van der Waals surface area contributed by atoms with Crippen LogP contribution in [-0.2, 0) is 0 Å². The van der Waals surface area contributed by atoms with Crippen LogP contribution in [0, 0.1) is 0 Å². The molecule has 0 unspecified atom stereocenters. The third-order valence-electron chi connectivity index (χ3n) is 3.75. The Morgan fingerprint density at radius 1 is 0.920 bits per heavy atom. The summed E-state index contributed by atoms with van der Waals surface area (Å²) >= 11 is 0. The normalized spacial score (nSPS) is 10.5. The Bertz CT molecular complexity index is 845. The van der Waals surface area contributed by atoms with Crippen LogP contribution in [0.25, 0.3) is 0 Å². The summed E-state index contributed by atoms with van der Waals surface area (Å²) in [5.74, 6) is 0.597. The zero-order valence-electron chi connectivity index (χ0n) is 14.2. The van der Waals surface area contributed by atoms with E-state index in [-0.39, 0.29) is 5.91 Å². The lowest BCUT2D eigenvalue weighted by molar-refractivity contribution is 0.102. The molecule has 2 aromatic carbocycles. The summed E-state index contributed by atoms with van der Waals surface area (Å²) in [6, 6.07) is 19.0. The van der Waals surface area contributed by atoms with Crippen LogP contribution in [0.3, 0.4) is 0 Å². The summed E-state index contributed by atoms with van der Waals surface area (Å²) < 4.78 is 0. The lowest BCUT2D eigenvalue weighted by atomic mass is 10.0. The minimum Gasteiger partial charge on any atom is -0.324 e. The van der Waals surface area contributed by atoms with Gasteiger partial charge in [-0.15, -0.1) is 0 Å². The lowest BCUT2D eigenvalue weighted by Gasteiger charge is -2.09. The standard InChI is InChI=1S/C20H20N4O/c1-14(2)15-8-10-17(11-9-15)23-20-21-13-12-18(24-20)19(25)22-16-6-4-3-5-7-16/h3-14H,1-2H3,(H,22,25)(H,21,23,24). The molecular formula is C20H20N4O. The van der Waals surface area contributed by atoms with Crippen molar-refractivity contribution in [3.8, 4) is 0 Å². The Kier molecular flexibility index (Phi) is 5.04. The average Bonchev–Trinajstić information content (AvgIpc) is 2.63. The predicted molar refractivity (Wildman–Crippen MR) is 100 cm³/mol. The summed E-state index contributed by atoms with van der Waals surface area (Å²) in [5, 5.41) is 5.94. The van der Waals surface area contributed by atoms with Gasteiger partial charge in [-0.25, -0.2) is 9.97 Å². The Hall–Kier alpha value is -3.21. The van der Waals surface area contributed by atoms with Crippen LogP contribution in [0.5, 0.6) is 0 Å². The highest BCUT2D eigenvalue weighted by Crippen LogP contribution is 2.19. The first-order valence-corrected chi connectivity index (χ1v) is 8.18. The molecule has 5 nitrogen and oxygen atoms in total. The van der Waals surface area contributed by atoms with Crippen molar-refractivity contribution in [2.45, 2.75) is 19.8 Å². The van der Waals surface area contributed by atoms with Gasteiger partial charge in [-0.2, -0.15) is 0 Å². The van der Waals surface area contributed by atoms with E-state index in [1.807, 2.05) is 42.5 Å². The van der Waals surface area contributed by atoms with E-state index in [0.717, 1.165) is 11.4 Å². The Balaban J connectivity index is 1.71. The van der Waals surface area contributed by atoms with Gasteiger partial charge in [-0.05, 0) is 41.8 Å². The third kappa shape index (κ3) is 4.41. The summed E-state index contributed by atoms with van der Waals surface area (Å²) in [4.78, 5) is 20.8. The van der Waals surface area contributed by atoms with E-state index in [1.54, 1.807) is 12.3 Å². The summed E-state index contributed by atoms with van der Waals surface area (Å²) in [5.41, 5.74) is 3.18. The number of para-hydroxylation sites is 1. The fraction of sp³-hybridized carbons (Fsp3) is 0.150. The molecule has 0 spiro atoms. The molecule has 0 fully saturated rings. The first-order chi connectivity index (χ1) is 12.1. The lowest BCUT2D eigenvalue weighted by Crippen LogP contribution is -2.14. The van der Waals surface area contributed by atoms with Gasteiger partial charge in [-0.3, -0.25) is 4.79 Å². The first kappa shape index (κ1) is 16.6. The molecule has 0 aliphatic rings. The van der Waals surface area contributed by atoms with Crippen LogP contribution in [0.2, 0.25) is 0 Å². The highest BCUT2D eigenvalue weighted by molar-refractivity contribution is 6.02. The molecule has 5 heteroatoms. The van der Waals surface area contributed by atoms with Gasteiger partial charge in [0.25, 0.3) is 5.91 Å². The number of anilines is 3. The van der Waals surface area contributed by atoms with Crippen molar-refractivity contribution < 1.29 is 4.79 Å². The van der Waals surface area contributed by atoms with Crippen molar-refractivity contribution in [1.82, 2.24) is 9.97 Å². The van der Waals surface area contributed by atoms with Gasteiger partial charge in [0.05, 0.1) is 0 Å². The molecule has 1 amide bonds. The maximum Gasteiger partial charge on any atom is 0.274 e. The molecular weight excluding hydrogens is 312 g/mol. The summed E-state index contributed by atoms with van der Waals surface area (Å²) in [6.45, 7) is 4.31. The van der Waals surface area contributed by atoms with E-state index in [0.29, 0.717) is 17.6 Å². The number of carbonyl (C=O) groups excluding carboxylic acids is 1. The third-order valence-corrected chi connectivity index (χ3v) is 3.75. The number of rotatable bonds is 5. The van der Waals surface area contributed by atoms with Gasteiger partial charge in [0.15, 0.2) is 0 Å². The number of nitrogens with zero attached hydrogens (tertiary/aromatic N) is 2. The molecule has 0 aliphatic carbocycles. The van der Waals surface area contributed by atoms with E-state index in [4.69, 9.17) is 0 Å². The molecule has 1 aromatic heterocycles. The first-order valence-electron chi connectivity index (χ1n) is 8.18.